The molecule has 2 fully saturated rings. The van der Waals surface area contributed by atoms with Gasteiger partial charge in [0.2, 0.25) is 5.88 Å². The van der Waals surface area contributed by atoms with E-state index in [-0.39, 0.29) is 12.1 Å². The maximum Gasteiger partial charge on any atom is 0.334 e. The van der Waals surface area contributed by atoms with Gasteiger partial charge in [-0.25, -0.2) is 29.7 Å². The van der Waals surface area contributed by atoms with Crippen LogP contribution in [0, 0.1) is 0 Å². The van der Waals surface area contributed by atoms with E-state index in [2.05, 4.69) is 35.6 Å². The first-order valence-corrected chi connectivity index (χ1v) is 13.5. The number of amides is 2. The number of aliphatic hydroxyl groups excluding tert-OH is 1. The minimum Gasteiger partial charge on any atom is -0.481 e. The van der Waals surface area contributed by atoms with Gasteiger partial charge >= 0.3 is 6.03 Å². The van der Waals surface area contributed by atoms with Crippen molar-refractivity contribution in [2.75, 3.05) is 37.0 Å². The van der Waals surface area contributed by atoms with Crippen molar-refractivity contribution < 1.29 is 14.6 Å². The monoisotopic (exact) mass is 535 g/mol. The number of aromatic nitrogens is 5. The van der Waals surface area contributed by atoms with Gasteiger partial charge in [-0.15, -0.1) is 0 Å². The Balaban J connectivity index is 1.21. The van der Waals surface area contributed by atoms with Gasteiger partial charge < -0.3 is 14.7 Å². The number of methoxy groups -OCH3 is 1. The number of fused-ring (bicyclic) bond motifs is 1. The van der Waals surface area contributed by atoms with Crippen molar-refractivity contribution >= 4 is 39.2 Å². The second kappa shape index (κ2) is 10.5. The minimum absolute atomic E-state index is 0.0988. The van der Waals surface area contributed by atoms with Crippen LogP contribution in [0.3, 0.4) is 0 Å². The molecule has 13 heteroatoms. The molecule has 2 amide bonds. The lowest BCUT2D eigenvalue weighted by Gasteiger charge is -2.29. The van der Waals surface area contributed by atoms with Crippen molar-refractivity contribution in [2.45, 2.75) is 37.8 Å². The van der Waals surface area contributed by atoms with Gasteiger partial charge in [0.05, 0.1) is 36.5 Å². The van der Waals surface area contributed by atoms with E-state index in [1.165, 1.54) is 11.3 Å². The minimum atomic E-state index is -0.421. The summed E-state index contributed by atoms with van der Waals surface area (Å²) in [6.45, 7) is 2.00. The molecule has 0 spiro atoms. The third-order valence-corrected chi connectivity index (χ3v) is 7.79. The van der Waals surface area contributed by atoms with Crippen LogP contribution >= 0.6 is 11.3 Å². The number of nitrogens with zero attached hydrogens (tertiary/aromatic N) is 7. The van der Waals surface area contributed by atoms with E-state index in [1.54, 1.807) is 24.6 Å². The number of carbonyl (C=O) groups is 1. The largest absolute Gasteiger partial charge is 0.481 e. The zero-order valence-electron chi connectivity index (χ0n) is 20.9. The van der Waals surface area contributed by atoms with Crippen LogP contribution in [-0.2, 0) is 0 Å². The van der Waals surface area contributed by atoms with Crippen molar-refractivity contribution in [3.8, 4) is 11.0 Å². The van der Waals surface area contributed by atoms with Gasteiger partial charge in [-0.05, 0) is 37.8 Å². The smallest absolute Gasteiger partial charge is 0.334 e. The summed E-state index contributed by atoms with van der Waals surface area (Å²) in [4.78, 5) is 33.1. The first-order chi connectivity index (χ1) is 18.6. The van der Waals surface area contributed by atoms with Gasteiger partial charge in [0, 0.05) is 31.9 Å². The van der Waals surface area contributed by atoms with Gasteiger partial charge in [-0.2, -0.15) is 0 Å². The summed E-state index contributed by atoms with van der Waals surface area (Å²) >= 11 is 1.35. The van der Waals surface area contributed by atoms with Crippen molar-refractivity contribution in [1.82, 2.24) is 34.9 Å². The SMILES string of the molecule is COc1cccc(C2CCCN2c2ncnc3c2ccn3-c2ncc(NC(=O)NN3CCC[C@H](O)C3)s2)n1. The van der Waals surface area contributed by atoms with Crippen LogP contribution in [0.2, 0.25) is 0 Å². The Morgan fingerprint density at radius 1 is 1.16 bits per heavy atom. The molecule has 2 aliphatic heterocycles. The highest BCUT2D eigenvalue weighted by molar-refractivity contribution is 7.18. The molecule has 0 radical (unpaired) electrons. The second-order valence-electron chi connectivity index (χ2n) is 9.39. The van der Waals surface area contributed by atoms with Crippen LogP contribution in [0.4, 0.5) is 15.6 Å². The Labute approximate surface area is 223 Å². The molecule has 198 valence electrons. The molecule has 6 heterocycles. The molecule has 4 aromatic rings. The van der Waals surface area contributed by atoms with Gasteiger partial charge in [-0.3, -0.25) is 15.3 Å². The summed E-state index contributed by atoms with van der Waals surface area (Å²) in [6, 6.07) is 7.59. The summed E-state index contributed by atoms with van der Waals surface area (Å²) in [7, 11) is 1.63. The standard InChI is InChI=1S/C25H29N9O3S/c1-37-20-8-2-6-18(29-20)19-7-4-11-33(19)22-17-9-12-34(23(17)28-15-27-22)25-26-13-21(38-25)30-24(36)31-32-10-3-5-16(35)14-32/h2,6,8-9,12-13,15-16,19,35H,3-5,7,10-11,14H2,1H3,(H2,30,31,36)/t16-,19?/m0/s1. The number of hydrazine groups is 1. The Kier molecular flexibility index (Phi) is 6.79. The average Bonchev–Trinajstić information content (AvgIpc) is 3.68. The summed E-state index contributed by atoms with van der Waals surface area (Å²) in [6.07, 6.45) is 8.32. The van der Waals surface area contributed by atoms with Gasteiger partial charge in [-0.1, -0.05) is 17.4 Å². The van der Waals surface area contributed by atoms with Crippen LogP contribution in [0.15, 0.2) is 43.0 Å². The molecule has 1 unspecified atom stereocenters. The van der Waals surface area contributed by atoms with Crippen LogP contribution in [0.25, 0.3) is 16.2 Å². The number of rotatable bonds is 6. The van der Waals surface area contributed by atoms with Gasteiger partial charge in [0.15, 0.2) is 10.8 Å². The lowest BCUT2D eigenvalue weighted by atomic mass is 10.1. The predicted molar refractivity (Wildman–Crippen MR) is 144 cm³/mol. The summed E-state index contributed by atoms with van der Waals surface area (Å²) in [5, 5.41) is 16.6. The molecular weight excluding hydrogens is 506 g/mol. The van der Waals surface area contributed by atoms with E-state index in [9.17, 15) is 9.90 Å². The molecule has 6 rings (SSSR count). The lowest BCUT2D eigenvalue weighted by molar-refractivity contribution is 0.0510. The number of β-amino-alcohol motifs (C(OH)–C–C–N with tert-alkyl or cyclic N) is 1. The zero-order chi connectivity index (χ0) is 26.1. The third kappa shape index (κ3) is 4.87. The van der Waals surface area contributed by atoms with Crippen LogP contribution < -0.4 is 20.4 Å². The first-order valence-electron chi connectivity index (χ1n) is 12.7. The second-order valence-corrected chi connectivity index (χ2v) is 10.4. The number of anilines is 2. The van der Waals surface area contributed by atoms with Crippen molar-refractivity contribution in [3.05, 3.63) is 48.7 Å². The van der Waals surface area contributed by atoms with Crippen LogP contribution in [0.1, 0.15) is 37.4 Å². The number of hydrogen-bond acceptors (Lipinski definition) is 10. The number of carbonyl (C=O) groups excluding carboxylic acids is 1. The normalized spacial score (nSPS) is 20.1. The molecule has 2 atom stereocenters. The highest BCUT2D eigenvalue weighted by Crippen LogP contribution is 2.38. The number of piperidine rings is 1. The fraction of sp³-hybridized carbons (Fsp3) is 0.400. The number of aliphatic hydroxyl groups is 1. The summed E-state index contributed by atoms with van der Waals surface area (Å²) in [5.41, 5.74) is 4.49. The highest BCUT2D eigenvalue weighted by atomic mass is 32.1. The van der Waals surface area contributed by atoms with Crippen LogP contribution in [0.5, 0.6) is 5.88 Å². The number of hydrogen-bond donors (Lipinski definition) is 3. The number of urea groups is 1. The Hall–Kier alpha value is -3.81. The summed E-state index contributed by atoms with van der Waals surface area (Å²) < 4.78 is 7.25. The maximum absolute atomic E-state index is 12.5. The van der Waals surface area contributed by atoms with Gasteiger partial charge in [0.25, 0.3) is 0 Å². The fourth-order valence-electron chi connectivity index (χ4n) is 5.15. The van der Waals surface area contributed by atoms with E-state index in [0.29, 0.717) is 29.1 Å². The summed E-state index contributed by atoms with van der Waals surface area (Å²) in [5.74, 6) is 1.46. The Morgan fingerprint density at radius 2 is 2.05 bits per heavy atom. The molecule has 0 aliphatic carbocycles. The maximum atomic E-state index is 12.5. The van der Waals surface area contributed by atoms with E-state index < -0.39 is 6.10 Å². The molecule has 0 saturated carbocycles. The van der Waals surface area contributed by atoms with Gasteiger partial charge in [0.1, 0.15) is 17.1 Å². The number of pyridine rings is 1. The molecule has 2 saturated heterocycles. The molecular formula is C25H29N9O3S. The number of thiazole rings is 1. The molecule has 0 bridgehead atoms. The average molecular weight is 536 g/mol. The number of ether oxygens (including phenoxy) is 1. The fourth-order valence-corrected chi connectivity index (χ4v) is 5.95. The first kappa shape index (κ1) is 24.5. The molecule has 0 aromatic carbocycles. The Morgan fingerprint density at radius 3 is 2.92 bits per heavy atom. The molecule has 3 N–H and O–H groups in total. The zero-order valence-corrected chi connectivity index (χ0v) is 21.8. The van der Waals surface area contributed by atoms with Crippen molar-refractivity contribution in [2.24, 2.45) is 0 Å². The topological polar surface area (TPSA) is 134 Å². The van der Waals surface area contributed by atoms with E-state index >= 15 is 0 Å². The van der Waals surface area contributed by atoms with E-state index in [1.807, 2.05) is 35.0 Å². The molecule has 2 aliphatic rings. The molecule has 38 heavy (non-hydrogen) atoms. The lowest BCUT2D eigenvalue weighted by Crippen LogP contribution is -2.50. The highest BCUT2D eigenvalue weighted by Gasteiger charge is 2.30. The van der Waals surface area contributed by atoms with E-state index in [4.69, 9.17) is 4.74 Å². The van der Waals surface area contributed by atoms with Crippen molar-refractivity contribution in [1.29, 1.82) is 0 Å². The number of nitrogens with one attached hydrogen (secondary N) is 2. The third-order valence-electron chi connectivity index (χ3n) is 6.87. The predicted octanol–water partition coefficient (Wildman–Crippen LogP) is 3.12. The van der Waals surface area contributed by atoms with E-state index in [0.717, 1.165) is 54.8 Å². The quantitative estimate of drug-likeness (QED) is 0.340. The Bertz CT molecular complexity index is 1440. The molecule has 4 aromatic heterocycles. The van der Waals surface area contributed by atoms with Crippen molar-refractivity contribution in [3.63, 3.8) is 0 Å². The molecule has 12 nitrogen and oxygen atoms in total. The van der Waals surface area contributed by atoms with Crippen LogP contribution in [-0.4, -0.2) is 73.5 Å².